The zero-order valence-corrected chi connectivity index (χ0v) is 13.0. The average Bonchev–Trinajstić information content (AvgIpc) is 2.40. The number of sulfone groups is 1. The Morgan fingerprint density at radius 1 is 1.50 bits per heavy atom. The fourth-order valence-electron chi connectivity index (χ4n) is 2.42. The number of rotatable bonds is 5. The third kappa shape index (κ3) is 4.18. The Morgan fingerprint density at radius 2 is 2.30 bits per heavy atom. The summed E-state index contributed by atoms with van der Waals surface area (Å²) in [7, 11) is -2.85. The molecule has 0 aliphatic carbocycles. The van der Waals surface area contributed by atoms with Gasteiger partial charge >= 0.3 is 0 Å². The summed E-state index contributed by atoms with van der Waals surface area (Å²) in [6, 6.07) is 4.07. The van der Waals surface area contributed by atoms with E-state index in [2.05, 4.69) is 22.1 Å². The van der Waals surface area contributed by atoms with E-state index in [9.17, 15) is 8.42 Å². The van der Waals surface area contributed by atoms with Crippen LogP contribution >= 0.6 is 0 Å². The molecule has 1 saturated heterocycles. The summed E-state index contributed by atoms with van der Waals surface area (Å²) < 4.78 is 23.2. The van der Waals surface area contributed by atoms with E-state index in [4.69, 9.17) is 0 Å². The van der Waals surface area contributed by atoms with Crippen LogP contribution in [0, 0.1) is 0 Å². The molecule has 1 aromatic heterocycles. The van der Waals surface area contributed by atoms with E-state index >= 15 is 0 Å². The molecule has 1 N–H and O–H groups in total. The number of anilines is 1. The molecule has 6 heteroatoms. The van der Waals surface area contributed by atoms with Gasteiger partial charge in [0.05, 0.1) is 17.2 Å². The lowest BCUT2D eigenvalue weighted by atomic mass is 10.2. The van der Waals surface area contributed by atoms with Crippen LogP contribution in [0.5, 0.6) is 0 Å². The first-order valence-corrected chi connectivity index (χ1v) is 8.95. The van der Waals surface area contributed by atoms with Crippen molar-refractivity contribution in [3.05, 3.63) is 24.0 Å². The molecule has 1 unspecified atom stereocenters. The molecule has 2 heterocycles. The number of pyridine rings is 1. The number of hydrogen-bond donors (Lipinski definition) is 1. The monoisotopic (exact) mass is 297 g/mol. The Balaban J connectivity index is 1.99. The Hall–Kier alpha value is -1.14. The summed E-state index contributed by atoms with van der Waals surface area (Å²) >= 11 is 0. The van der Waals surface area contributed by atoms with Crippen LogP contribution in [0.25, 0.3) is 0 Å². The molecule has 1 fully saturated rings. The van der Waals surface area contributed by atoms with E-state index in [-0.39, 0.29) is 17.5 Å². The van der Waals surface area contributed by atoms with E-state index in [1.807, 2.05) is 19.1 Å². The second-order valence-electron chi connectivity index (χ2n) is 5.40. The molecule has 1 aromatic rings. The first kappa shape index (κ1) is 15.3. The summed E-state index contributed by atoms with van der Waals surface area (Å²) in [5.41, 5.74) is 2.06. The highest BCUT2D eigenvalue weighted by molar-refractivity contribution is 7.91. The average molecular weight is 297 g/mol. The predicted molar refractivity (Wildman–Crippen MR) is 81.5 cm³/mol. The lowest BCUT2D eigenvalue weighted by Crippen LogP contribution is -2.46. The number of nitrogens with one attached hydrogen (secondary N) is 1. The maximum absolute atomic E-state index is 11.6. The fourth-order valence-corrected chi connectivity index (χ4v) is 4.05. The van der Waals surface area contributed by atoms with Crippen molar-refractivity contribution in [2.24, 2.45) is 0 Å². The van der Waals surface area contributed by atoms with Crippen LogP contribution in [-0.4, -0.2) is 48.9 Å². The van der Waals surface area contributed by atoms with Gasteiger partial charge in [0.25, 0.3) is 0 Å². The van der Waals surface area contributed by atoms with Gasteiger partial charge in [0.2, 0.25) is 0 Å². The zero-order chi connectivity index (χ0) is 14.6. The van der Waals surface area contributed by atoms with Gasteiger partial charge in [-0.15, -0.1) is 0 Å². The molecule has 0 radical (unpaired) electrons. The molecule has 20 heavy (non-hydrogen) atoms. The van der Waals surface area contributed by atoms with E-state index in [0.29, 0.717) is 13.1 Å². The largest absolute Gasteiger partial charge is 0.385 e. The van der Waals surface area contributed by atoms with Crippen LogP contribution < -0.4 is 5.32 Å². The van der Waals surface area contributed by atoms with Gasteiger partial charge in [-0.2, -0.15) is 0 Å². The summed E-state index contributed by atoms with van der Waals surface area (Å²) in [6.07, 6.45) is 2.89. The fraction of sp³-hybridized carbons (Fsp3) is 0.643. The lowest BCUT2D eigenvalue weighted by Gasteiger charge is -2.32. The summed E-state index contributed by atoms with van der Waals surface area (Å²) in [5.74, 6) is 0.506. The van der Waals surface area contributed by atoms with Gasteiger partial charge in [-0.25, -0.2) is 8.42 Å². The van der Waals surface area contributed by atoms with Gasteiger partial charge in [-0.3, -0.25) is 9.88 Å². The van der Waals surface area contributed by atoms with E-state index in [1.165, 1.54) is 0 Å². The van der Waals surface area contributed by atoms with Crippen molar-refractivity contribution < 1.29 is 8.42 Å². The third-order valence-corrected chi connectivity index (χ3v) is 5.36. The zero-order valence-electron chi connectivity index (χ0n) is 12.2. The summed E-state index contributed by atoms with van der Waals surface area (Å²) in [6.45, 7) is 6.35. The number of hydrogen-bond acceptors (Lipinski definition) is 5. The second-order valence-corrected chi connectivity index (χ2v) is 7.63. The molecule has 0 bridgehead atoms. The molecule has 0 aromatic carbocycles. The van der Waals surface area contributed by atoms with Crippen LogP contribution in [-0.2, 0) is 16.4 Å². The second kappa shape index (κ2) is 6.54. The van der Waals surface area contributed by atoms with Crippen molar-refractivity contribution in [3.8, 4) is 0 Å². The van der Waals surface area contributed by atoms with Crippen molar-refractivity contribution in [1.29, 1.82) is 0 Å². The molecule has 5 nitrogen and oxygen atoms in total. The Labute approximate surface area is 121 Å². The Morgan fingerprint density at radius 3 is 3.00 bits per heavy atom. The van der Waals surface area contributed by atoms with Gasteiger partial charge in [-0.05, 0) is 25.5 Å². The first-order chi connectivity index (χ1) is 9.50. The van der Waals surface area contributed by atoms with Crippen molar-refractivity contribution in [2.75, 3.05) is 29.9 Å². The highest BCUT2D eigenvalue weighted by Crippen LogP contribution is 2.16. The van der Waals surface area contributed by atoms with Crippen molar-refractivity contribution in [2.45, 2.75) is 32.9 Å². The maximum Gasteiger partial charge on any atom is 0.153 e. The molecule has 1 aliphatic rings. The highest BCUT2D eigenvalue weighted by Gasteiger charge is 2.28. The van der Waals surface area contributed by atoms with E-state index in [1.54, 1.807) is 6.20 Å². The van der Waals surface area contributed by atoms with Crippen LogP contribution in [0.3, 0.4) is 0 Å². The highest BCUT2D eigenvalue weighted by atomic mass is 32.2. The van der Waals surface area contributed by atoms with Gasteiger partial charge < -0.3 is 5.32 Å². The Bertz CT molecular complexity index is 545. The van der Waals surface area contributed by atoms with Crippen molar-refractivity contribution in [1.82, 2.24) is 9.88 Å². The van der Waals surface area contributed by atoms with Crippen LogP contribution in [0.2, 0.25) is 0 Å². The molecule has 1 aliphatic heterocycles. The minimum absolute atomic E-state index is 0.0582. The maximum atomic E-state index is 11.6. The van der Waals surface area contributed by atoms with E-state index < -0.39 is 9.84 Å². The smallest absolute Gasteiger partial charge is 0.153 e. The molecule has 0 amide bonds. The molecular weight excluding hydrogens is 274 g/mol. The molecule has 0 spiro atoms. The third-order valence-electron chi connectivity index (χ3n) is 3.57. The van der Waals surface area contributed by atoms with Gasteiger partial charge in [0, 0.05) is 37.6 Å². The van der Waals surface area contributed by atoms with Crippen LogP contribution in [0.4, 0.5) is 5.69 Å². The van der Waals surface area contributed by atoms with Crippen LogP contribution in [0.1, 0.15) is 26.0 Å². The Kier molecular flexibility index (Phi) is 4.99. The molecule has 0 saturated carbocycles. The van der Waals surface area contributed by atoms with Gasteiger partial charge in [0.15, 0.2) is 9.84 Å². The van der Waals surface area contributed by atoms with Gasteiger partial charge in [0.1, 0.15) is 0 Å². The predicted octanol–water partition coefficient (Wildman–Crippen LogP) is 1.52. The normalized spacial score (nSPS) is 22.6. The number of aromatic nitrogens is 1. The summed E-state index contributed by atoms with van der Waals surface area (Å²) in [5, 5.41) is 3.34. The van der Waals surface area contributed by atoms with Crippen molar-refractivity contribution in [3.63, 3.8) is 0 Å². The molecule has 1 atom stereocenters. The number of nitrogens with zero attached hydrogens (tertiary/aromatic N) is 2. The summed E-state index contributed by atoms with van der Waals surface area (Å²) in [4.78, 5) is 6.57. The molecule has 112 valence electrons. The molecular formula is C14H23N3O2S. The minimum Gasteiger partial charge on any atom is -0.385 e. The topological polar surface area (TPSA) is 62.3 Å². The quantitative estimate of drug-likeness (QED) is 0.893. The van der Waals surface area contributed by atoms with Crippen LogP contribution in [0.15, 0.2) is 18.3 Å². The van der Waals surface area contributed by atoms with Crippen molar-refractivity contribution >= 4 is 15.5 Å². The van der Waals surface area contributed by atoms with E-state index in [0.717, 1.165) is 24.3 Å². The first-order valence-electron chi connectivity index (χ1n) is 7.13. The lowest BCUT2D eigenvalue weighted by molar-refractivity contribution is 0.215. The van der Waals surface area contributed by atoms with Gasteiger partial charge in [-0.1, -0.05) is 6.92 Å². The molecule has 2 rings (SSSR count). The SMILES string of the molecule is CCCNc1ccnc(CN2CCS(=O)(=O)CC2C)c1. The standard InChI is InChI=1S/C14H23N3O2S/c1-3-5-15-13-4-6-16-14(9-13)10-17-7-8-20(18,19)11-12(17)2/h4,6,9,12H,3,5,7-8,10-11H2,1-2H3,(H,15,16). The minimum atomic E-state index is -2.85.